The van der Waals surface area contributed by atoms with Crippen molar-refractivity contribution in [2.75, 3.05) is 20.3 Å². The van der Waals surface area contributed by atoms with Crippen LogP contribution in [0.25, 0.3) is 0 Å². The first-order valence-electron chi connectivity index (χ1n) is 7.19. The normalized spacial score (nSPS) is 21.9. The molecule has 4 heteroatoms. The topological polar surface area (TPSA) is 61.5 Å². The Morgan fingerprint density at radius 2 is 1.95 bits per heavy atom. The minimum absolute atomic E-state index is 0.311. The number of hydrogen-bond donors (Lipinski definition) is 1. The largest absolute Gasteiger partial charge is 0.465 e. The van der Waals surface area contributed by atoms with Crippen LogP contribution in [0.3, 0.4) is 0 Å². The molecule has 2 unspecified atom stereocenters. The van der Waals surface area contributed by atoms with Gasteiger partial charge in [0.15, 0.2) is 0 Å². The van der Waals surface area contributed by atoms with E-state index in [4.69, 9.17) is 10.5 Å². The fourth-order valence-electron chi connectivity index (χ4n) is 2.83. The third-order valence-corrected chi connectivity index (χ3v) is 4.09. The van der Waals surface area contributed by atoms with Crippen LogP contribution in [0.5, 0.6) is 0 Å². The lowest BCUT2D eigenvalue weighted by Gasteiger charge is -2.17. The van der Waals surface area contributed by atoms with E-state index in [0.29, 0.717) is 24.0 Å². The minimum atomic E-state index is -0.311. The summed E-state index contributed by atoms with van der Waals surface area (Å²) >= 11 is 0. The van der Waals surface area contributed by atoms with E-state index in [1.54, 1.807) is 12.1 Å². The van der Waals surface area contributed by atoms with Crippen LogP contribution >= 0.6 is 0 Å². The minimum Gasteiger partial charge on any atom is -0.465 e. The van der Waals surface area contributed by atoms with Crippen molar-refractivity contribution in [3.63, 3.8) is 0 Å². The lowest BCUT2D eigenvalue weighted by Crippen LogP contribution is -2.22. The van der Waals surface area contributed by atoms with Gasteiger partial charge in [0.2, 0.25) is 0 Å². The van der Waals surface area contributed by atoms with E-state index >= 15 is 0 Å². The molecule has 1 aromatic rings. The van der Waals surface area contributed by atoms with Crippen molar-refractivity contribution >= 4 is 5.97 Å². The average Bonchev–Trinajstić information content (AvgIpc) is 2.94. The van der Waals surface area contributed by atoms with Crippen LogP contribution in [0.2, 0.25) is 0 Å². The molecule has 1 aliphatic rings. The standard InChI is InChI=1S/C16H23NO3/c1-19-16(18)13-7-5-12(6-8-13)10-20-11-15-4-2-3-14(15)9-17/h5-8,14-15H,2-4,9-11,17H2,1H3. The van der Waals surface area contributed by atoms with E-state index in [9.17, 15) is 4.79 Å². The molecular weight excluding hydrogens is 254 g/mol. The summed E-state index contributed by atoms with van der Waals surface area (Å²) in [6.07, 6.45) is 3.73. The third kappa shape index (κ3) is 3.81. The number of carbonyl (C=O) groups excluding carboxylic acids is 1. The summed E-state index contributed by atoms with van der Waals surface area (Å²) in [5, 5.41) is 0. The quantitative estimate of drug-likeness (QED) is 0.811. The number of carbonyl (C=O) groups is 1. The molecule has 0 aliphatic heterocycles. The van der Waals surface area contributed by atoms with Crippen LogP contribution in [0, 0.1) is 11.8 Å². The second-order valence-electron chi connectivity index (χ2n) is 5.39. The van der Waals surface area contributed by atoms with Gasteiger partial charge in [0.05, 0.1) is 25.9 Å². The van der Waals surface area contributed by atoms with E-state index in [1.807, 2.05) is 12.1 Å². The summed E-state index contributed by atoms with van der Waals surface area (Å²) in [5.74, 6) is 0.917. The Labute approximate surface area is 120 Å². The molecule has 0 aromatic heterocycles. The predicted octanol–water partition coefficient (Wildman–Crippen LogP) is 2.36. The second kappa shape index (κ2) is 7.41. The van der Waals surface area contributed by atoms with Gasteiger partial charge in [-0.05, 0) is 48.9 Å². The summed E-state index contributed by atoms with van der Waals surface area (Å²) in [4.78, 5) is 11.3. The Kier molecular flexibility index (Phi) is 5.56. The number of ether oxygens (including phenoxy) is 2. The fourth-order valence-corrected chi connectivity index (χ4v) is 2.83. The molecule has 0 amide bonds. The summed E-state index contributed by atoms with van der Waals surface area (Å²) in [5.41, 5.74) is 7.40. The summed E-state index contributed by atoms with van der Waals surface area (Å²) in [6.45, 7) is 2.12. The lowest BCUT2D eigenvalue weighted by atomic mass is 9.97. The van der Waals surface area contributed by atoms with Gasteiger partial charge in [-0.25, -0.2) is 4.79 Å². The van der Waals surface area contributed by atoms with Crippen molar-refractivity contribution in [2.45, 2.75) is 25.9 Å². The number of esters is 1. The molecule has 2 atom stereocenters. The Hall–Kier alpha value is -1.39. The van der Waals surface area contributed by atoms with Gasteiger partial charge < -0.3 is 15.2 Å². The number of rotatable bonds is 6. The SMILES string of the molecule is COC(=O)c1ccc(COCC2CCCC2CN)cc1. The zero-order valence-corrected chi connectivity index (χ0v) is 12.0. The van der Waals surface area contributed by atoms with Crippen molar-refractivity contribution in [1.29, 1.82) is 0 Å². The molecule has 1 aromatic carbocycles. The van der Waals surface area contributed by atoms with Crippen LogP contribution in [0.4, 0.5) is 0 Å². The second-order valence-corrected chi connectivity index (χ2v) is 5.39. The molecule has 2 N–H and O–H groups in total. The highest BCUT2D eigenvalue weighted by Gasteiger charge is 2.25. The highest BCUT2D eigenvalue weighted by Crippen LogP contribution is 2.31. The van der Waals surface area contributed by atoms with Crippen molar-refractivity contribution in [3.05, 3.63) is 35.4 Å². The predicted molar refractivity (Wildman–Crippen MR) is 77.3 cm³/mol. The molecule has 1 fully saturated rings. The highest BCUT2D eigenvalue weighted by molar-refractivity contribution is 5.89. The maximum atomic E-state index is 11.3. The summed E-state index contributed by atoms with van der Waals surface area (Å²) in [6, 6.07) is 7.34. The van der Waals surface area contributed by atoms with Gasteiger partial charge in [0.1, 0.15) is 0 Å². The summed E-state index contributed by atoms with van der Waals surface area (Å²) in [7, 11) is 1.38. The van der Waals surface area contributed by atoms with Crippen molar-refractivity contribution in [1.82, 2.24) is 0 Å². The lowest BCUT2D eigenvalue weighted by molar-refractivity contribution is 0.0600. The summed E-state index contributed by atoms with van der Waals surface area (Å²) < 4.78 is 10.5. The van der Waals surface area contributed by atoms with E-state index in [2.05, 4.69) is 4.74 Å². The molecule has 1 saturated carbocycles. The maximum Gasteiger partial charge on any atom is 0.337 e. The van der Waals surface area contributed by atoms with Crippen LogP contribution < -0.4 is 5.73 Å². The Morgan fingerprint density at radius 3 is 2.60 bits per heavy atom. The smallest absolute Gasteiger partial charge is 0.337 e. The van der Waals surface area contributed by atoms with Gasteiger partial charge in [0, 0.05) is 0 Å². The van der Waals surface area contributed by atoms with E-state index < -0.39 is 0 Å². The third-order valence-electron chi connectivity index (χ3n) is 4.09. The van der Waals surface area contributed by atoms with Crippen LogP contribution in [0.1, 0.15) is 35.2 Å². The molecule has 0 saturated heterocycles. The Bertz CT molecular complexity index is 430. The molecule has 20 heavy (non-hydrogen) atoms. The first-order chi connectivity index (χ1) is 9.74. The zero-order chi connectivity index (χ0) is 14.4. The Balaban J connectivity index is 1.78. The number of hydrogen-bond acceptors (Lipinski definition) is 4. The van der Waals surface area contributed by atoms with Crippen LogP contribution in [-0.2, 0) is 16.1 Å². The fraction of sp³-hybridized carbons (Fsp3) is 0.562. The highest BCUT2D eigenvalue weighted by atomic mass is 16.5. The number of methoxy groups -OCH3 is 1. The van der Waals surface area contributed by atoms with Crippen LogP contribution in [0.15, 0.2) is 24.3 Å². The van der Waals surface area contributed by atoms with Crippen molar-refractivity contribution in [3.8, 4) is 0 Å². The van der Waals surface area contributed by atoms with Gasteiger partial charge >= 0.3 is 5.97 Å². The molecule has 110 valence electrons. The van der Waals surface area contributed by atoms with Gasteiger partial charge in [-0.1, -0.05) is 18.6 Å². The van der Waals surface area contributed by atoms with Crippen LogP contribution in [-0.4, -0.2) is 26.2 Å². The zero-order valence-electron chi connectivity index (χ0n) is 12.0. The van der Waals surface area contributed by atoms with Gasteiger partial charge in [0.25, 0.3) is 0 Å². The van der Waals surface area contributed by atoms with Crippen molar-refractivity contribution < 1.29 is 14.3 Å². The number of nitrogens with two attached hydrogens (primary N) is 1. The van der Waals surface area contributed by atoms with Gasteiger partial charge in [-0.15, -0.1) is 0 Å². The maximum absolute atomic E-state index is 11.3. The molecule has 4 nitrogen and oxygen atoms in total. The van der Waals surface area contributed by atoms with E-state index in [0.717, 1.165) is 18.7 Å². The van der Waals surface area contributed by atoms with Gasteiger partial charge in [-0.2, -0.15) is 0 Å². The Morgan fingerprint density at radius 1 is 1.25 bits per heavy atom. The molecule has 1 aliphatic carbocycles. The first-order valence-corrected chi connectivity index (χ1v) is 7.19. The molecule has 0 radical (unpaired) electrons. The first kappa shape index (κ1) is 15.0. The van der Waals surface area contributed by atoms with Gasteiger partial charge in [-0.3, -0.25) is 0 Å². The molecule has 2 rings (SSSR count). The molecule has 0 spiro atoms. The average molecular weight is 277 g/mol. The van der Waals surface area contributed by atoms with E-state index in [-0.39, 0.29) is 5.97 Å². The monoisotopic (exact) mass is 277 g/mol. The van der Waals surface area contributed by atoms with Crippen molar-refractivity contribution in [2.24, 2.45) is 17.6 Å². The van der Waals surface area contributed by atoms with E-state index in [1.165, 1.54) is 26.4 Å². The number of benzene rings is 1. The molecule has 0 bridgehead atoms. The molecular formula is C16H23NO3. The molecule has 0 heterocycles.